The number of aromatic nitrogens is 3. The van der Waals surface area contributed by atoms with Crippen LogP contribution in [0.4, 0.5) is 14.6 Å². The normalized spacial score (nSPS) is 23.0. The third-order valence-electron chi connectivity index (χ3n) is 4.14. The minimum Gasteiger partial charge on any atom is -0.476 e. The largest absolute Gasteiger partial charge is 0.476 e. The molecule has 1 aliphatic heterocycles. The molecule has 0 radical (unpaired) electrons. The third kappa shape index (κ3) is 3.70. The van der Waals surface area contributed by atoms with Gasteiger partial charge in [-0.1, -0.05) is 0 Å². The smallest absolute Gasteiger partial charge is 0.355 e. The molecule has 4 N–H and O–H groups in total. The SMILES string of the molecule is O=C(Nc1ccn([C@@H]2O[C@H](CO)[C@@H](O)C2(F)F)c(=O)n1)c1cccnc1C(=O)O. The number of nitrogens with zero attached hydrogens (tertiary/aromatic N) is 3. The van der Waals surface area contributed by atoms with Gasteiger partial charge in [-0.2, -0.15) is 13.8 Å². The van der Waals surface area contributed by atoms with Crippen molar-refractivity contribution < 1.29 is 38.4 Å². The first-order chi connectivity index (χ1) is 13.7. The monoisotopic (exact) mass is 412 g/mol. The van der Waals surface area contributed by atoms with Crippen LogP contribution in [-0.4, -0.2) is 66.5 Å². The second-order valence-corrected chi connectivity index (χ2v) is 5.99. The summed E-state index contributed by atoms with van der Waals surface area (Å²) in [5.41, 5.74) is -2.06. The number of rotatable bonds is 5. The van der Waals surface area contributed by atoms with E-state index in [-0.39, 0.29) is 11.4 Å². The molecule has 0 saturated carbocycles. The van der Waals surface area contributed by atoms with E-state index in [1.165, 1.54) is 18.3 Å². The van der Waals surface area contributed by atoms with Crippen molar-refractivity contribution in [3.8, 4) is 0 Å². The molecule has 154 valence electrons. The van der Waals surface area contributed by atoms with E-state index in [0.717, 1.165) is 12.3 Å². The van der Waals surface area contributed by atoms with Gasteiger partial charge in [0.2, 0.25) is 6.23 Å². The molecule has 2 aromatic heterocycles. The maximum atomic E-state index is 14.2. The molecule has 1 fully saturated rings. The number of carbonyl (C=O) groups excluding carboxylic acids is 1. The second kappa shape index (κ2) is 7.62. The second-order valence-electron chi connectivity index (χ2n) is 5.99. The quantitative estimate of drug-likeness (QED) is 0.505. The predicted molar refractivity (Wildman–Crippen MR) is 89.6 cm³/mol. The average molecular weight is 412 g/mol. The number of carboxylic acids is 1. The van der Waals surface area contributed by atoms with Crippen molar-refractivity contribution in [2.75, 3.05) is 11.9 Å². The zero-order valence-electron chi connectivity index (χ0n) is 14.4. The lowest BCUT2D eigenvalue weighted by Crippen LogP contribution is -2.41. The fourth-order valence-electron chi connectivity index (χ4n) is 2.72. The van der Waals surface area contributed by atoms with Crippen molar-refractivity contribution in [2.45, 2.75) is 24.4 Å². The van der Waals surface area contributed by atoms with E-state index in [0.29, 0.717) is 4.57 Å². The maximum absolute atomic E-state index is 14.2. The van der Waals surface area contributed by atoms with Crippen LogP contribution in [0.25, 0.3) is 0 Å². The fraction of sp³-hybridized carbons (Fsp3) is 0.312. The summed E-state index contributed by atoms with van der Waals surface area (Å²) in [5.74, 6) is -6.59. The van der Waals surface area contributed by atoms with Crippen LogP contribution in [0.5, 0.6) is 0 Å². The number of carboxylic acid groups (broad SMARTS) is 1. The molecule has 0 spiro atoms. The molecule has 11 nitrogen and oxygen atoms in total. The summed E-state index contributed by atoms with van der Waals surface area (Å²) in [4.78, 5) is 42.5. The molecule has 0 aromatic carbocycles. The molecule has 1 aliphatic rings. The Balaban J connectivity index is 1.85. The molecule has 3 atom stereocenters. The van der Waals surface area contributed by atoms with Gasteiger partial charge in [0.25, 0.3) is 5.91 Å². The van der Waals surface area contributed by atoms with Crippen molar-refractivity contribution >= 4 is 17.7 Å². The first-order valence-electron chi connectivity index (χ1n) is 8.08. The maximum Gasteiger partial charge on any atom is 0.355 e. The molecule has 29 heavy (non-hydrogen) atoms. The molecule has 0 bridgehead atoms. The molecule has 1 saturated heterocycles. The van der Waals surface area contributed by atoms with E-state index in [1.54, 1.807) is 0 Å². The molecule has 3 heterocycles. The molecule has 0 aliphatic carbocycles. The molecule has 1 amide bonds. The Kier molecular flexibility index (Phi) is 5.37. The van der Waals surface area contributed by atoms with E-state index < -0.39 is 54.2 Å². The number of alkyl halides is 2. The van der Waals surface area contributed by atoms with Gasteiger partial charge in [-0.3, -0.25) is 9.36 Å². The van der Waals surface area contributed by atoms with Gasteiger partial charge in [-0.15, -0.1) is 0 Å². The van der Waals surface area contributed by atoms with E-state index in [1.807, 2.05) is 0 Å². The number of aliphatic hydroxyl groups is 2. The Bertz CT molecular complexity index is 1010. The highest BCUT2D eigenvalue weighted by atomic mass is 19.3. The van der Waals surface area contributed by atoms with Gasteiger partial charge < -0.3 is 25.4 Å². The first-order valence-corrected chi connectivity index (χ1v) is 8.08. The van der Waals surface area contributed by atoms with Crippen LogP contribution < -0.4 is 11.0 Å². The number of halogens is 2. The van der Waals surface area contributed by atoms with Crippen LogP contribution >= 0.6 is 0 Å². The number of amides is 1. The number of anilines is 1. The molecule has 2 aromatic rings. The first kappa shape index (κ1) is 20.4. The lowest BCUT2D eigenvalue weighted by Gasteiger charge is -2.21. The highest BCUT2D eigenvalue weighted by Crippen LogP contribution is 2.41. The Labute approximate surface area is 160 Å². The standard InChI is InChI=1S/C16H14F2N4O7/c17-16(18)11(24)8(6-23)29-14(16)22-5-3-9(21-15(22)28)20-12(25)7-2-1-4-19-10(7)13(26)27/h1-5,8,11,14,23-24H,6H2,(H,26,27)(H,20,21,25,28)/t8-,11-,14-/m1/s1. The number of aromatic carboxylic acids is 1. The number of ether oxygens (including phenoxy) is 1. The Morgan fingerprint density at radius 3 is 2.66 bits per heavy atom. The van der Waals surface area contributed by atoms with Crippen molar-refractivity contribution in [3.05, 3.63) is 52.3 Å². The summed E-state index contributed by atoms with van der Waals surface area (Å²) in [5, 5.41) is 29.8. The average Bonchev–Trinajstić information content (AvgIpc) is 2.91. The van der Waals surface area contributed by atoms with Gasteiger partial charge in [-0.05, 0) is 18.2 Å². The van der Waals surface area contributed by atoms with E-state index in [4.69, 9.17) is 14.9 Å². The molecular formula is C16H14F2N4O7. The molecular weight excluding hydrogens is 398 g/mol. The van der Waals surface area contributed by atoms with Crippen molar-refractivity contribution in [1.29, 1.82) is 0 Å². The Morgan fingerprint density at radius 2 is 2.07 bits per heavy atom. The van der Waals surface area contributed by atoms with Crippen LogP contribution in [0.1, 0.15) is 27.1 Å². The van der Waals surface area contributed by atoms with Crippen LogP contribution in [0.2, 0.25) is 0 Å². The van der Waals surface area contributed by atoms with Crippen molar-refractivity contribution in [2.24, 2.45) is 0 Å². The number of nitrogens with one attached hydrogen (secondary N) is 1. The van der Waals surface area contributed by atoms with Crippen molar-refractivity contribution in [3.63, 3.8) is 0 Å². The van der Waals surface area contributed by atoms with Gasteiger partial charge in [0.1, 0.15) is 11.9 Å². The van der Waals surface area contributed by atoms with Gasteiger partial charge in [0.15, 0.2) is 11.8 Å². The molecule has 0 unspecified atom stereocenters. The minimum absolute atomic E-state index is 0.300. The summed E-state index contributed by atoms with van der Waals surface area (Å²) in [7, 11) is 0. The number of hydrogen-bond acceptors (Lipinski definition) is 8. The van der Waals surface area contributed by atoms with E-state index in [9.17, 15) is 28.3 Å². The lowest BCUT2D eigenvalue weighted by atomic mass is 10.1. The topological polar surface area (TPSA) is 164 Å². The summed E-state index contributed by atoms with van der Waals surface area (Å²) in [6, 6.07) is 3.53. The Hall–Kier alpha value is -3.29. The number of aliphatic hydroxyl groups excluding tert-OH is 2. The van der Waals surface area contributed by atoms with Crippen LogP contribution in [0.3, 0.4) is 0 Å². The predicted octanol–water partition coefficient (Wildman–Crippen LogP) is -0.525. The summed E-state index contributed by atoms with van der Waals surface area (Å²) in [6.45, 7) is -0.888. The zero-order valence-corrected chi connectivity index (χ0v) is 14.4. The lowest BCUT2D eigenvalue weighted by molar-refractivity contribution is -0.140. The summed E-state index contributed by atoms with van der Waals surface area (Å²) >= 11 is 0. The third-order valence-corrected chi connectivity index (χ3v) is 4.14. The van der Waals surface area contributed by atoms with Crippen LogP contribution in [0.15, 0.2) is 35.4 Å². The van der Waals surface area contributed by atoms with Gasteiger partial charge in [-0.25, -0.2) is 14.6 Å². The summed E-state index contributed by atoms with van der Waals surface area (Å²) in [6.07, 6.45) is -4.10. The van der Waals surface area contributed by atoms with E-state index >= 15 is 0 Å². The summed E-state index contributed by atoms with van der Waals surface area (Å²) < 4.78 is 33.6. The van der Waals surface area contributed by atoms with E-state index in [2.05, 4.69) is 15.3 Å². The fourth-order valence-corrected chi connectivity index (χ4v) is 2.72. The number of carbonyl (C=O) groups is 2. The van der Waals surface area contributed by atoms with Crippen molar-refractivity contribution in [1.82, 2.24) is 14.5 Å². The highest BCUT2D eigenvalue weighted by molar-refractivity contribution is 6.09. The van der Waals surface area contributed by atoms with Crippen LogP contribution in [0, 0.1) is 0 Å². The minimum atomic E-state index is -3.88. The van der Waals surface area contributed by atoms with Gasteiger partial charge in [0, 0.05) is 12.4 Å². The number of hydrogen-bond donors (Lipinski definition) is 4. The van der Waals surface area contributed by atoms with Gasteiger partial charge >= 0.3 is 17.6 Å². The van der Waals surface area contributed by atoms with Gasteiger partial charge in [0.05, 0.1) is 12.2 Å². The Morgan fingerprint density at radius 1 is 1.34 bits per heavy atom. The zero-order chi connectivity index (χ0) is 21.3. The highest BCUT2D eigenvalue weighted by Gasteiger charge is 2.59. The number of pyridine rings is 1. The molecule has 13 heteroatoms. The molecule has 3 rings (SSSR count). The van der Waals surface area contributed by atoms with Crippen LogP contribution in [-0.2, 0) is 4.74 Å².